The average molecular weight is 378 g/mol. The van der Waals surface area contributed by atoms with Crippen molar-refractivity contribution in [3.8, 4) is 0 Å². The Kier molecular flexibility index (Phi) is 8.83. The van der Waals surface area contributed by atoms with Crippen molar-refractivity contribution in [2.75, 3.05) is 26.8 Å². The fourth-order valence-electron chi connectivity index (χ4n) is 2.73. The van der Waals surface area contributed by atoms with E-state index in [9.17, 15) is 0 Å². The highest BCUT2D eigenvalue weighted by Gasteiger charge is 2.24. The summed E-state index contributed by atoms with van der Waals surface area (Å²) in [5.74, 6) is 0. The number of nitrogens with two attached hydrogens (primary N) is 1. The first kappa shape index (κ1) is 18.9. The molecule has 1 unspecified atom stereocenters. The number of halogens is 2. The van der Waals surface area contributed by atoms with Crippen molar-refractivity contribution in [1.29, 1.82) is 0 Å². The molecule has 0 aromatic heterocycles. The molecule has 1 rings (SSSR count). The van der Waals surface area contributed by atoms with Gasteiger partial charge in [-0.1, -0.05) is 31.5 Å². The third-order valence-electron chi connectivity index (χ3n) is 3.92. The van der Waals surface area contributed by atoms with E-state index in [1.54, 1.807) is 7.11 Å². The number of methoxy groups -OCH3 is 1. The zero-order valence-electron chi connectivity index (χ0n) is 13.1. The van der Waals surface area contributed by atoms with E-state index in [-0.39, 0.29) is 6.04 Å². The summed E-state index contributed by atoms with van der Waals surface area (Å²) in [6, 6.07) is 6.75. The predicted molar refractivity (Wildman–Crippen MR) is 93.9 cm³/mol. The van der Waals surface area contributed by atoms with Gasteiger partial charge in [-0.2, -0.15) is 0 Å². The smallest absolute Gasteiger partial charge is 0.0590 e. The van der Waals surface area contributed by atoms with Crippen molar-refractivity contribution < 1.29 is 4.74 Å². The van der Waals surface area contributed by atoms with Crippen LogP contribution in [0.2, 0.25) is 5.02 Å². The van der Waals surface area contributed by atoms with Gasteiger partial charge in [0, 0.05) is 36.8 Å². The number of nitrogens with zero attached hydrogens (tertiary/aromatic N) is 1. The van der Waals surface area contributed by atoms with Gasteiger partial charge in [0.25, 0.3) is 0 Å². The molecule has 0 aliphatic heterocycles. The second-order valence-corrected chi connectivity index (χ2v) is 6.39. The Hall–Kier alpha value is -0.130. The molecule has 2 N–H and O–H groups in total. The molecule has 0 bridgehead atoms. The Labute approximate surface area is 141 Å². The van der Waals surface area contributed by atoms with Gasteiger partial charge >= 0.3 is 0 Å². The molecule has 0 amide bonds. The van der Waals surface area contributed by atoms with E-state index in [0.717, 1.165) is 34.4 Å². The molecule has 120 valence electrons. The predicted octanol–water partition coefficient (Wildman–Crippen LogP) is 4.24. The fraction of sp³-hybridized carbons (Fsp3) is 0.625. The minimum absolute atomic E-state index is 0.163. The summed E-state index contributed by atoms with van der Waals surface area (Å²) in [4.78, 5) is 2.45. The van der Waals surface area contributed by atoms with Crippen LogP contribution < -0.4 is 5.73 Å². The molecule has 0 heterocycles. The van der Waals surface area contributed by atoms with E-state index in [1.165, 1.54) is 0 Å². The van der Waals surface area contributed by atoms with Crippen LogP contribution in [0.25, 0.3) is 0 Å². The van der Waals surface area contributed by atoms with Crippen LogP contribution in [-0.4, -0.2) is 37.7 Å². The van der Waals surface area contributed by atoms with Gasteiger partial charge in [-0.15, -0.1) is 0 Å². The molecule has 3 nitrogen and oxygen atoms in total. The fourth-order valence-corrected chi connectivity index (χ4v) is 3.17. The quantitative estimate of drug-likeness (QED) is 0.699. The summed E-state index contributed by atoms with van der Waals surface area (Å²) in [6.07, 6.45) is 2.20. The number of hydrogen-bond donors (Lipinski definition) is 1. The molecule has 21 heavy (non-hydrogen) atoms. The van der Waals surface area contributed by atoms with Crippen molar-refractivity contribution in [1.82, 2.24) is 4.90 Å². The van der Waals surface area contributed by atoms with E-state index in [1.807, 2.05) is 12.1 Å². The largest absolute Gasteiger partial charge is 0.383 e. The van der Waals surface area contributed by atoms with Crippen molar-refractivity contribution >= 4 is 27.5 Å². The summed E-state index contributed by atoms with van der Waals surface area (Å²) in [7, 11) is 1.74. The summed E-state index contributed by atoms with van der Waals surface area (Å²) in [6.45, 7) is 6.58. The zero-order valence-corrected chi connectivity index (χ0v) is 15.5. The Morgan fingerprint density at radius 1 is 1.33 bits per heavy atom. The van der Waals surface area contributed by atoms with Crippen molar-refractivity contribution in [3.63, 3.8) is 0 Å². The van der Waals surface area contributed by atoms with Gasteiger partial charge in [-0.25, -0.2) is 0 Å². The molecule has 0 radical (unpaired) electrons. The molecule has 1 aromatic rings. The topological polar surface area (TPSA) is 38.5 Å². The van der Waals surface area contributed by atoms with E-state index in [4.69, 9.17) is 22.1 Å². The molecule has 0 aliphatic rings. The minimum Gasteiger partial charge on any atom is -0.383 e. The Morgan fingerprint density at radius 3 is 2.48 bits per heavy atom. The average Bonchev–Trinajstić information content (AvgIpc) is 2.49. The van der Waals surface area contributed by atoms with E-state index in [0.29, 0.717) is 19.2 Å². The number of benzene rings is 1. The van der Waals surface area contributed by atoms with Gasteiger partial charge in [0.1, 0.15) is 0 Å². The maximum atomic E-state index is 6.24. The highest BCUT2D eigenvalue weighted by atomic mass is 79.9. The lowest BCUT2D eigenvalue weighted by Gasteiger charge is -2.37. The van der Waals surface area contributed by atoms with Crippen LogP contribution in [0.4, 0.5) is 0 Å². The standard InChI is InChI=1S/C16H26BrClN2O/c1-4-13(5-2)20(8-9-21-3)16(11-19)12-6-7-14(17)15(18)10-12/h6-7,10,13,16H,4-5,8-9,11,19H2,1-3H3. The SMILES string of the molecule is CCC(CC)N(CCOC)C(CN)c1ccc(Br)c(Cl)c1. The van der Waals surface area contributed by atoms with Crippen LogP contribution in [0, 0.1) is 0 Å². The van der Waals surface area contributed by atoms with Gasteiger partial charge in [0.2, 0.25) is 0 Å². The van der Waals surface area contributed by atoms with Crippen molar-refractivity contribution in [3.05, 3.63) is 33.3 Å². The second kappa shape index (κ2) is 9.80. The molecule has 1 aromatic carbocycles. The van der Waals surface area contributed by atoms with Gasteiger partial charge < -0.3 is 10.5 Å². The van der Waals surface area contributed by atoms with Crippen LogP contribution in [0.3, 0.4) is 0 Å². The lowest BCUT2D eigenvalue weighted by molar-refractivity contribution is 0.0817. The molecule has 0 aliphatic carbocycles. The van der Waals surface area contributed by atoms with Crippen LogP contribution in [-0.2, 0) is 4.74 Å². The molecule has 0 saturated heterocycles. The minimum atomic E-state index is 0.163. The molecule has 0 spiro atoms. The van der Waals surface area contributed by atoms with E-state index >= 15 is 0 Å². The Morgan fingerprint density at radius 2 is 2.00 bits per heavy atom. The number of ether oxygens (including phenoxy) is 1. The number of rotatable bonds is 9. The molecular weight excluding hydrogens is 352 g/mol. The highest BCUT2D eigenvalue weighted by Crippen LogP contribution is 2.30. The maximum Gasteiger partial charge on any atom is 0.0590 e. The van der Waals surface area contributed by atoms with Crippen LogP contribution in [0.1, 0.15) is 38.3 Å². The van der Waals surface area contributed by atoms with Crippen LogP contribution in [0.5, 0.6) is 0 Å². The second-order valence-electron chi connectivity index (χ2n) is 5.13. The third kappa shape index (κ3) is 5.22. The first-order chi connectivity index (χ1) is 10.1. The third-order valence-corrected chi connectivity index (χ3v) is 5.15. The van der Waals surface area contributed by atoms with Crippen LogP contribution in [0.15, 0.2) is 22.7 Å². The van der Waals surface area contributed by atoms with E-state index < -0.39 is 0 Å². The van der Waals surface area contributed by atoms with Gasteiger partial charge in [-0.3, -0.25) is 4.90 Å². The van der Waals surface area contributed by atoms with Gasteiger partial charge in [0.15, 0.2) is 0 Å². The Bertz CT molecular complexity index is 427. The maximum absolute atomic E-state index is 6.24. The monoisotopic (exact) mass is 376 g/mol. The van der Waals surface area contributed by atoms with E-state index in [2.05, 4.69) is 40.7 Å². The Balaban J connectivity index is 3.06. The van der Waals surface area contributed by atoms with Crippen LogP contribution >= 0.6 is 27.5 Å². The lowest BCUT2D eigenvalue weighted by atomic mass is 10.0. The molecular formula is C16H26BrClN2O. The molecule has 1 atom stereocenters. The first-order valence-electron chi connectivity index (χ1n) is 7.48. The van der Waals surface area contributed by atoms with Crippen molar-refractivity contribution in [2.45, 2.75) is 38.8 Å². The first-order valence-corrected chi connectivity index (χ1v) is 8.65. The summed E-state index contributed by atoms with van der Waals surface area (Å²) >= 11 is 9.68. The molecule has 0 saturated carbocycles. The molecule has 0 fully saturated rings. The number of hydrogen-bond acceptors (Lipinski definition) is 3. The molecule has 5 heteroatoms. The highest BCUT2D eigenvalue weighted by molar-refractivity contribution is 9.10. The zero-order chi connectivity index (χ0) is 15.8. The summed E-state index contributed by atoms with van der Waals surface area (Å²) in [5, 5.41) is 0.724. The summed E-state index contributed by atoms with van der Waals surface area (Å²) in [5.41, 5.74) is 7.24. The lowest BCUT2D eigenvalue weighted by Crippen LogP contribution is -2.42. The van der Waals surface area contributed by atoms with Gasteiger partial charge in [-0.05, 0) is 46.5 Å². The van der Waals surface area contributed by atoms with Crippen molar-refractivity contribution in [2.24, 2.45) is 5.73 Å². The van der Waals surface area contributed by atoms with Gasteiger partial charge in [0.05, 0.1) is 11.6 Å². The normalized spacial score (nSPS) is 13.1. The summed E-state index contributed by atoms with van der Waals surface area (Å²) < 4.78 is 6.18.